The first-order valence-corrected chi connectivity index (χ1v) is 33.2. The Bertz CT molecular complexity index is 5530. The lowest BCUT2D eigenvalue weighted by Gasteiger charge is -2.51. The van der Waals surface area contributed by atoms with Gasteiger partial charge in [-0.05, 0) is 163 Å². The molecule has 8 aliphatic heterocycles. The van der Waals surface area contributed by atoms with Crippen molar-refractivity contribution in [3.8, 4) is 0 Å². The van der Waals surface area contributed by atoms with Gasteiger partial charge in [-0.25, -0.2) is 0 Å². The summed E-state index contributed by atoms with van der Waals surface area (Å²) in [6, 6.07) is 114. The van der Waals surface area contributed by atoms with Crippen LogP contribution in [0.4, 0.5) is 102 Å². The maximum atomic E-state index is 7.56. The van der Waals surface area contributed by atoms with Gasteiger partial charge in [0.25, 0.3) is 26.9 Å². The van der Waals surface area contributed by atoms with Crippen molar-refractivity contribution in [3.05, 3.63) is 303 Å². The van der Waals surface area contributed by atoms with Crippen molar-refractivity contribution in [3.63, 3.8) is 0 Å². The Balaban J connectivity index is 0.813. The lowest BCUT2D eigenvalue weighted by Crippen LogP contribution is -2.68. The van der Waals surface area contributed by atoms with Crippen LogP contribution in [0.5, 0.6) is 0 Å². The Kier molecular flexibility index (Phi) is 9.78. The molecule has 0 N–H and O–H groups in total. The lowest BCUT2D eigenvalue weighted by molar-refractivity contribution is 0.669. The molecule has 8 aliphatic rings. The van der Waals surface area contributed by atoms with Gasteiger partial charge in [-0.3, -0.25) is 0 Å². The van der Waals surface area contributed by atoms with Gasteiger partial charge >= 0.3 is 0 Å². The van der Waals surface area contributed by atoms with E-state index >= 15 is 0 Å². The van der Waals surface area contributed by atoms with Crippen LogP contribution in [0.3, 0.4) is 0 Å². The van der Waals surface area contributed by atoms with E-state index in [2.05, 4.69) is 333 Å². The number of benzene rings is 14. The Morgan fingerprint density at radius 3 is 0.705 bits per heavy atom. The molecule has 95 heavy (non-hydrogen) atoms. The summed E-state index contributed by atoms with van der Waals surface area (Å²) in [4.78, 5) is 15.4. The molecule has 1 aromatic heterocycles. The van der Waals surface area contributed by atoms with E-state index in [0.29, 0.717) is 0 Å². The Hall–Kier alpha value is -12.1. The van der Waals surface area contributed by atoms with E-state index < -0.39 is 0 Å². The maximum Gasteiger partial charge on any atom is 0.252 e. The lowest BCUT2D eigenvalue weighted by atomic mass is 9.28. The SMILES string of the molecule is c1ccc(N2c3ccccc3B3c4ccccc4N4c5ccccc5B5c6cc7c(cc6N(c6ccccc6)c6cc2c3c4c65)oc2cc3c(cc27)B2c4ccccc4N4c5ccccc5B5c6ccccc6N(c6ccccc6)c6cc(c2c4c65)N3c2ccccc2)cc1. The maximum absolute atomic E-state index is 7.56. The molecule has 7 nitrogen and oxygen atoms in total. The number of furan rings is 1. The molecule has 0 radical (unpaired) electrons. The van der Waals surface area contributed by atoms with E-state index in [-0.39, 0.29) is 26.9 Å². The number of hydrogen-bond donors (Lipinski definition) is 0. The van der Waals surface area contributed by atoms with Crippen molar-refractivity contribution in [1.82, 2.24) is 0 Å². The minimum Gasteiger partial charge on any atom is -0.456 e. The van der Waals surface area contributed by atoms with Gasteiger partial charge in [-0.1, -0.05) is 194 Å². The Morgan fingerprint density at radius 1 is 0.189 bits per heavy atom. The highest BCUT2D eigenvalue weighted by atomic mass is 16.3. The number of rotatable bonds is 4. The highest BCUT2D eigenvalue weighted by Crippen LogP contribution is 2.54. The van der Waals surface area contributed by atoms with Crippen LogP contribution in [0, 0.1) is 0 Å². The van der Waals surface area contributed by atoms with Crippen LogP contribution in [0.25, 0.3) is 21.9 Å². The van der Waals surface area contributed by atoms with Gasteiger partial charge in [0.05, 0.1) is 0 Å². The quantitative estimate of drug-likeness (QED) is 0.162. The van der Waals surface area contributed by atoms with Crippen LogP contribution in [0.1, 0.15) is 0 Å². The number of fused-ring (bicyclic) bond motifs is 23. The van der Waals surface area contributed by atoms with Gasteiger partial charge in [0.2, 0.25) is 0 Å². The topological polar surface area (TPSA) is 32.6 Å². The van der Waals surface area contributed by atoms with E-state index in [4.69, 9.17) is 4.42 Å². The number of para-hydroxylation sites is 10. The van der Waals surface area contributed by atoms with Crippen molar-refractivity contribution < 1.29 is 4.42 Å². The van der Waals surface area contributed by atoms with Gasteiger partial charge in [-0.2, -0.15) is 0 Å². The molecule has 23 rings (SSSR count). The third kappa shape index (κ3) is 6.40. The van der Waals surface area contributed by atoms with Crippen molar-refractivity contribution in [2.45, 2.75) is 0 Å². The third-order valence-corrected chi connectivity index (χ3v) is 22.1. The number of hydrogen-bond acceptors (Lipinski definition) is 7. The van der Waals surface area contributed by atoms with Gasteiger partial charge in [-0.15, -0.1) is 0 Å². The second-order valence-electron chi connectivity index (χ2n) is 26.5. The summed E-state index contributed by atoms with van der Waals surface area (Å²) in [5, 5.41) is 2.21. The van der Waals surface area contributed by atoms with Crippen LogP contribution in [0.2, 0.25) is 0 Å². The highest BCUT2D eigenvalue weighted by molar-refractivity contribution is 7.06. The fourth-order valence-electron chi connectivity index (χ4n) is 18.6. The molecule has 434 valence electrons. The molecule has 0 aliphatic carbocycles. The summed E-state index contributed by atoms with van der Waals surface area (Å²) in [6.07, 6.45) is 0. The van der Waals surface area contributed by atoms with Crippen LogP contribution in [-0.2, 0) is 0 Å². The van der Waals surface area contributed by atoms with Crippen LogP contribution in [0.15, 0.2) is 308 Å². The smallest absolute Gasteiger partial charge is 0.252 e. The standard InChI is InChI=1S/C84H50B4N6O/c1-5-25-51(26-6-1)89-65-39-19-13-33-57(65)85-59-35-15-21-41-67(59)93-69-43-23-17-37-61(69)87-63-45-55-56-46-64-72(50-78(56)95-77(55)49-71(63)91(53-29-9-3-10-30-53)75-47-73(89)79(85)83(93)81(75)87)92(54-31-11-4-12-32-54)76-48-74-80-84-82(76)88(64)62-38-18-24-44-70(62)94(84)68-42-22-16-36-60(68)86(80)58-34-14-20-40-66(58)90(74)52-27-7-2-8-28-52/h1-50H. The van der Waals surface area contributed by atoms with E-state index in [1.54, 1.807) is 0 Å². The fraction of sp³-hybridized carbons (Fsp3) is 0. The van der Waals surface area contributed by atoms with E-state index in [0.717, 1.165) is 67.4 Å². The molecule has 11 heteroatoms. The van der Waals surface area contributed by atoms with Gasteiger partial charge in [0.15, 0.2) is 0 Å². The summed E-state index contributed by atoms with van der Waals surface area (Å²) in [5.41, 5.74) is 38.5. The zero-order valence-electron chi connectivity index (χ0n) is 51.3. The van der Waals surface area contributed by atoms with Crippen LogP contribution >= 0.6 is 0 Å². The molecule has 0 atom stereocenters. The number of anilines is 18. The van der Waals surface area contributed by atoms with Crippen LogP contribution in [-0.4, -0.2) is 26.9 Å². The molecule has 0 bridgehead atoms. The molecule has 0 amide bonds. The second kappa shape index (κ2) is 18.4. The first-order valence-electron chi connectivity index (χ1n) is 33.2. The molecule has 14 aromatic carbocycles. The average Bonchev–Trinajstić information content (AvgIpc) is 1.06. The second-order valence-corrected chi connectivity index (χ2v) is 26.5. The Morgan fingerprint density at radius 2 is 0.421 bits per heavy atom. The first kappa shape index (κ1) is 50.6. The van der Waals surface area contributed by atoms with Gasteiger partial charge in [0, 0.05) is 125 Å². The van der Waals surface area contributed by atoms with Crippen molar-refractivity contribution in [2.75, 3.05) is 29.4 Å². The molecule has 0 unspecified atom stereocenters. The Labute approximate surface area is 550 Å². The molecule has 9 heterocycles. The third-order valence-electron chi connectivity index (χ3n) is 22.1. The van der Waals surface area contributed by atoms with Crippen molar-refractivity contribution in [1.29, 1.82) is 0 Å². The minimum atomic E-state index is -0.125. The largest absolute Gasteiger partial charge is 0.456 e. The zero-order valence-corrected chi connectivity index (χ0v) is 51.3. The summed E-state index contributed by atoms with van der Waals surface area (Å²) in [5.74, 6) is 0. The molecular formula is C84H50B4N6O. The molecule has 0 saturated heterocycles. The van der Waals surface area contributed by atoms with Gasteiger partial charge < -0.3 is 33.8 Å². The van der Waals surface area contributed by atoms with Crippen molar-refractivity contribution in [2.24, 2.45) is 0 Å². The predicted octanol–water partition coefficient (Wildman–Crippen LogP) is 13.0. The molecule has 0 fully saturated rings. The van der Waals surface area contributed by atoms with E-state index in [9.17, 15) is 0 Å². The predicted molar refractivity (Wildman–Crippen MR) is 400 cm³/mol. The van der Waals surface area contributed by atoms with Gasteiger partial charge in [0.1, 0.15) is 11.2 Å². The summed E-state index contributed by atoms with van der Waals surface area (Å²) >= 11 is 0. The summed E-state index contributed by atoms with van der Waals surface area (Å²) < 4.78 is 7.56. The van der Waals surface area contributed by atoms with Crippen molar-refractivity contribution >= 4 is 217 Å². The van der Waals surface area contributed by atoms with E-state index in [1.165, 1.54) is 122 Å². The molecule has 15 aromatic rings. The monoisotopic (exact) mass is 1200 g/mol. The summed E-state index contributed by atoms with van der Waals surface area (Å²) in [6.45, 7) is -0.259. The molecule has 0 spiro atoms. The normalized spacial score (nSPS) is 14.5. The number of nitrogens with zero attached hydrogens (tertiary/aromatic N) is 6. The average molecular weight is 1200 g/mol. The van der Waals surface area contributed by atoms with Crippen LogP contribution < -0.4 is 95.0 Å². The zero-order chi connectivity index (χ0) is 61.5. The van der Waals surface area contributed by atoms with E-state index in [1.807, 2.05) is 0 Å². The minimum absolute atomic E-state index is 0.00489. The fourth-order valence-corrected chi connectivity index (χ4v) is 18.6. The molecular weight excluding hydrogens is 1150 g/mol. The highest BCUT2D eigenvalue weighted by Gasteiger charge is 2.54. The molecule has 0 saturated carbocycles. The summed E-state index contributed by atoms with van der Waals surface area (Å²) in [7, 11) is 0. The first-order chi connectivity index (χ1) is 47.2.